The number of benzene rings is 2. The predicted molar refractivity (Wildman–Crippen MR) is 82.4 cm³/mol. The summed E-state index contributed by atoms with van der Waals surface area (Å²) in [6, 6.07) is 11.0. The highest BCUT2D eigenvalue weighted by Gasteiger charge is 2.16. The molecule has 21 heavy (non-hydrogen) atoms. The third kappa shape index (κ3) is 3.82. The van der Waals surface area contributed by atoms with Crippen molar-refractivity contribution in [3.63, 3.8) is 0 Å². The molecule has 3 nitrogen and oxygen atoms in total. The molecular formula is C16H18FNO2S. The van der Waals surface area contributed by atoms with Gasteiger partial charge in [-0.05, 0) is 48.7 Å². The number of rotatable bonds is 5. The zero-order valence-electron chi connectivity index (χ0n) is 12.1. The lowest BCUT2D eigenvalue weighted by molar-refractivity contribution is 0.598. The van der Waals surface area contributed by atoms with Gasteiger partial charge in [0.25, 0.3) is 10.0 Å². The molecule has 0 aromatic heterocycles. The lowest BCUT2D eigenvalue weighted by atomic mass is 10.1. The van der Waals surface area contributed by atoms with Crippen molar-refractivity contribution in [3.05, 3.63) is 59.4 Å². The summed E-state index contributed by atoms with van der Waals surface area (Å²) < 4.78 is 40.5. The molecule has 0 aliphatic heterocycles. The molecule has 0 aliphatic rings. The molecule has 0 heterocycles. The first kappa shape index (κ1) is 15.5. The lowest BCUT2D eigenvalue weighted by Crippen LogP contribution is -2.14. The third-order valence-electron chi connectivity index (χ3n) is 3.14. The van der Waals surface area contributed by atoms with Crippen molar-refractivity contribution < 1.29 is 12.8 Å². The van der Waals surface area contributed by atoms with Gasteiger partial charge in [0.05, 0.1) is 10.6 Å². The van der Waals surface area contributed by atoms with Crippen molar-refractivity contribution in [1.82, 2.24) is 0 Å². The van der Waals surface area contributed by atoms with Gasteiger partial charge < -0.3 is 0 Å². The molecule has 0 amide bonds. The van der Waals surface area contributed by atoms with Crippen LogP contribution >= 0.6 is 0 Å². The minimum atomic E-state index is -3.77. The molecule has 0 atom stereocenters. The molecule has 0 fully saturated rings. The number of aryl methyl sites for hydroxylation is 2. The number of hydrogen-bond acceptors (Lipinski definition) is 2. The SMILES string of the molecule is CCCc1ccc(S(=O)(=O)Nc2ccc(C)cc2F)cc1. The van der Waals surface area contributed by atoms with Gasteiger partial charge in [0.2, 0.25) is 0 Å². The van der Waals surface area contributed by atoms with E-state index in [4.69, 9.17) is 0 Å². The quantitative estimate of drug-likeness (QED) is 0.911. The Balaban J connectivity index is 2.25. The highest BCUT2D eigenvalue weighted by Crippen LogP contribution is 2.20. The van der Waals surface area contributed by atoms with Crippen molar-refractivity contribution in [2.24, 2.45) is 0 Å². The second kappa shape index (κ2) is 6.26. The lowest BCUT2D eigenvalue weighted by Gasteiger charge is -2.10. The Kier molecular flexibility index (Phi) is 4.63. The first-order valence-corrected chi connectivity index (χ1v) is 8.28. The van der Waals surface area contributed by atoms with Gasteiger partial charge in [0, 0.05) is 0 Å². The summed E-state index contributed by atoms with van der Waals surface area (Å²) in [5.74, 6) is -0.582. The van der Waals surface area contributed by atoms with Gasteiger partial charge >= 0.3 is 0 Å². The van der Waals surface area contributed by atoms with Gasteiger partial charge in [-0.2, -0.15) is 0 Å². The van der Waals surface area contributed by atoms with Crippen molar-refractivity contribution in [3.8, 4) is 0 Å². The highest BCUT2D eigenvalue weighted by molar-refractivity contribution is 7.92. The molecule has 2 aromatic rings. The molecule has 0 saturated heterocycles. The molecule has 2 aromatic carbocycles. The van der Waals surface area contributed by atoms with Gasteiger partial charge in [-0.1, -0.05) is 31.5 Å². The number of sulfonamides is 1. The van der Waals surface area contributed by atoms with E-state index in [1.807, 2.05) is 0 Å². The number of anilines is 1. The van der Waals surface area contributed by atoms with Crippen LogP contribution in [-0.2, 0) is 16.4 Å². The topological polar surface area (TPSA) is 46.2 Å². The fourth-order valence-corrected chi connectivity index (χ4v) is 3.10. The van der Waals surface area contributed by atoms with Crippen molar-refractivity contribution in [1.29, 1.82) is 0 Å². The van der Waals surface area contributed by atoms with Crippen LogP contribution in [0.3, 0.4) is 0 Å². The van der Waals surface area contributed by atoms with Gasteiger partial charge in [-0.15, -0.1) is 0 Å². The maximum atomic E-state index is 13.7. The van der Waals surface area contributed by atoms with Gasteiger partial charge in [0.1, 0.15) is 5.82 Å². The molecule has 112 valence electrons. The Hall–Kier alpha value is -1.88. The molecule has 0 aliphatic carbocycles. The smallest absolute Gasteiger partial charge is 0.261 e. The average Bonchev–Trinajstić information content (AvgIpc) is 2.43. The molecular weight excluding hydrogens is 289 g/mol. The molecule has 0 bridgehead atoms. The van der Waals surface area contributed by atoms with E-state index in [1.165, 1.54) is 12.1 Å². The monoisotopic (exact) mass is 307 g/mol. The van der Waals surface area contributed by atoms with Gasteiger partial charge in [0.15, 0.2) is 0 Å². The number of nitrogens with one attached hydrogen (secondary N) is 1. The molecule has 2 rings (SSSR count). The molecule has 1 N–H and O–H groups in total. The minimum absolute atomic E-state index is 0.0433. The molecule has 0 saturated carbocycles. The molecule has 0 unspecified atom stereocenters. The standard InChI is InChI=1S/C16H18FNO2S/c1-3-4-13-6-8-14(9-7-13)21(19,20)18-16-10-5-12(2)11-15(16)17/h5-11,18H,3-4H2,1-2H3. The highest BCUT2D eigenvalue weighted by atomic mass is 32.2. The van der Waals surface area contributed by atoms with E-state index in [9.17, 15) is 12.8 Å². The second-order valence-electron chi connectivity index (χ2n) is 4.98. The Labute approximate surface area is 124 Å². The van der Waals surface area contributed by atoms with Crippen molar-refractivity contribution >= 4 is 15.7 Å². The third-order valence-corrected chi connectivity index (χ3v) is 4.52. The summed E-state index contributed by atoms with van der Waals surface area (Å²) in [6.07, 6.45) is 1.90. The van der Waals surface area contributed by atoms with E-state index < -0.39 is 15.8 Å². The van der Waals surface area contributed by atoms with Crippen LogP contribution in [0.1, 0.15) is 24.5 Å². The van der Waals surface area contributed by atoms with Crippen molar-refractivity contribution in [2.45, 2.75) is 31.6 Å². The molecule has 0 spiro atoms. The van der Waals surface area contributed by atoms with E-state index in [1.54, 1.807) is 37.3 Å². The maximum absolute atomic E-state index is 13.7. The van der Waals surface area contributed by atoms with Gasteiger partial charge in [-0.3, -0.25) is 4.72 Å². The summed E-state index contributed by atoms with van der Waals surface area (Å²) in [5, 5.41) is 0. The second-order valence-corrected chi connectivity index (χ2v) is 6.67. The summed E-state index contributed by atoms with van der Waals surface area (Å²) in [4.78, 5) is 0.127. The van der Waals surface area contributed by atoms with E-state index in [0.29, 0.717) is 0 Å². The normalized spacial score (nSPS) is 11.4. The van der Waals surface area contributed by atoms with E-state index in [2.05, 4.69) is 11.6 Å². The fourth-order valence-electron chi connectivity index (χ4n) is 2.03. The van der Waals surface area contributed by atoms with Crippen molar-refractivity contribution in [2.75, 3.05) is 4.72 Å². The minimum Gasteiger partial charge on any atom is -0.277 e. The van der Waals surface area contributed by atoms with Crippen LogP contribution < -0.4 is 4.72 Å². The zero-order valence-corrected chi connectivity index (χ0v) is 12.9. The van der Waals surface area contributed by atoms with E-state index in [-0.39, 0.29) is 10.6 Å². The van der Waals surface area contributed by atoms with E-state index >= 15 is 0 Å². The van der Waals surface area contributed by atoms with Crippen LogP contribution in [0.25, 0.3) is 0 Å². The summed E-state index contributed by atoms with van der Waals surface area (Å²) >= 11 is 0. The first-order valence-electron chi connectivity index (χ1n) is 6.80. The van der Waals surface area contributed by atoms with Crippen LogP contribution in [0.2, 0.25) is 0 Å². The molecule has 0 radical (unpaired) electrons. The van der Waals surface area contributed by atoms with Crippen LogP contribution in [0.15, 0.2) is 47.4 Å². The van der Waals surface area contributed by atoms with Gasteiger partial charge in [-0.25, -0.2) is 12.8 Å². The summed E-state index contributed by atoms with van der Waals surface area (Å²) in [5.41, 5.74) is 1.77. The molecule has 5 heteroatoms. The van der Waals surface area contributed by atoms with Crippen LogP contribution in [-0.4, -0.2) is 8.42 Å². The summed E-state index contributed by atoms with van der Waals surface area (Å²) in [7, 11) is -3.77. The Morgan fingerprint density at radius 2 is 1.76 bits per heavy atom. The Bertz CT molecular complexity index is 724. The van der Waals surface area contributed by atoms with E-state index in [0.717, 1.165) is 24.0 Å². The number of halogens is 1. The van der Waals surface area contributed by atoms with Crippen LogP contribution in [0.4, 0.5) is 10.1 Å². The Morgan fingerprint density at radius 1 is 1.10 bits per heavy atom. The number of hydrogen-bond donors (Lipinski definition) is 1. The first-order chi connectivity index (χ1) is 9.92. The fraction of sp³-hybridized carbons (Fsp3) is 0.250. The summed E-state index contributed by atoms with van der Waals surface area (Å²) in [6.45, 7) is 3.81. The predicted octanol–water partition coefficient (Wildman–Crippen LogP) is 3.89. The average molecular weight is 307 g/mol. The largest absolute Gasteiger partial charge is 0.277 e. The maximum Gasteiger partial charge on any atom is 0.261 e. The Morgan fingerprint density at radius 3 is 2.33 bits per heavy atom. The van der Waals surface area contributed by atoms with Crippen LogP contribution in [0.5, 0.6) is 0 Å². The zero-order chi connectivity index (χ0) is 15.5. The van der Waals surface area contributed by atoms with Crippen LogP contribution in [0, 0.1) is 12.7 Å².